The van der Waals surface area contributed by atoms with E-state index >= 15 is 0 Å². The van der Waals surface area contributed by atoms with Crippen molar-refractivity contribution in [3.63, 3.8) is 0 Å². The molecule has 0 saturated heterocycles. The number of methoxy groups -OCH3 is 1. The van der Waals surface area contributed by atoms with Crippen LogP contribution in [0.15, 0.2) is 0 Å². The Morgan fingerprint density at radius 2 is 2.40 bits per heavy atom. The molecule has 1 atom stereocenters. The second-order valence-corrected chi connectivity index (χ2v) is 1.96. The maximum Gasteiger partial charge on any atom is 0.322 e. The van der Waals surface area contributed by atoms with Gasteiger partial charge in [0.1, 0.15) is 6.04 Å². The van der Waals surface area contributed by atoms with Crippen molar-refractivity contribution < 1.29 is 13.9 Å². The molecule has 0 rings (SSSR count). The normalized spacial score (nSPS) is 12.7. The van der Waals surface area contributed by atoms with Gasteiger partial charge in [0, 0.05) is 0 Å². The third-order valence-electron chi connectivity index (χ3n) is 1.15. The lowest BCUT2D eigenvalue weighted by Crippen LogP contribution is -2.31. The Labute approximate surface area is 59.3 Å². The molecule has 0 aromatic rings. The molecule has 60 valence electrons. The zero-order chi connectivity index (χ0) is 7.98. The molecule has 0 aliphatic carbocycles. The van der Waals surface area contributed by atoms with E-state index in [-0.39, 0.29) is 0 Å². The van der Waals surface area contributed by atoms with Crippen LogP contribution in [0.4, 0.5) is 4.39 Å². The van der Waals surface area contributed by atoms with Crippen molar-refractivity contribution in [3.05, 3.63) is 0 Å². The lowest BCUT2D eigenvalue weighted by Gasteiger charge is -2.06. The van der Waals surface area contributed by atoms with E-state index in [4.69, 9.17) is 5.73 Å². The fourth-order valence-corrected chi connectivity index (χ4v) is 0.566. The average Bonchev–Trinajstić information content (AvgIpc) is 1.98. The van der Waals surface area contributed by atoms with Gasteiger partial charge < -0.3 is 10.5 Å². The van der Waals surface area contributed by atoms with E-state index in [1.165, 1.54) is 7.11 Å². The molecule has 0 radical (unpaired) electrons. The van der Waals surface area contributed by atoms with Gasteiger partial charge in [0.2, 0.25) is 0 Å². The van der Waals surface area contributed by atoms with E-state index in [0.717, 1.165) is 0 Å². The van der Waals surface area contributed by atoms with Gasteiger partial charge in [-0.05, 0) is 12.8 Å². The Kier molecular flexibility index (Phi) is 4.84. The van der Waals surface area contributed by atoms with Gasteiger partial charge in [-0.2, -0.15) is 0 Å². The van der Waals surface area contributed by atoms with Gasteiger partial charge in [0.15, 0.2) is 0 Å². The summed E-state index contributed by atoms with van der Waals surface area (Å²) in [5.74, 6) is -0.478. The van der Waals surface area contributed by atoms with Gasteiger partial charge in [-0.15, -0.1) is 0 Å². The molecule has 0 aliphatic rings. The Balaban J connectivity index is 3.41. The SMILES string of the molecule is COC(=O)C(N)CCCF. The predicted molar refractivity (Wildman–Crippen MR) is 35.2 cm³/mol. The summed E-state index contributed by atoms with van der Waals surface area (Å²) < 4.78 is 15.8. The third-order valence-corrected chi connectivity index (χ3v) is 1.15. The maximum atomic E-state index is 11.5. The lowest BCUT2D eigenvalue weighted by molar-refractivity contribution is -0.142. The fourth-order valence-electron chi connectivity index (χ4n) is 0.566. The van der Waals surface area contributed by atoms with Crippen molar-refractivity contribution in [1.82, 2.24) is 0 Å². The van der Waals surface area contributed by atoms with E-state index in [0.29, 0.717) is 12.8 Å². The fraction of sp³-hybridized carbons (Fsp3) is 0.833. The Bertz CT molecular complexity index is 108. The summed E-state index contributed by atoms with van der Waals surface area (Å²) >= 11 is 0. The van der Waals surface area contributed by atoms with Crippen LogP contribution in [0.1, 0.15) is 12.8 Å². The zero-order valence-electron chi connectivity index (χ0n) is 5.97. The standard InChI is InChI=1S/C6H12FNO2/c1-10-6(9)5(8)3-2-4-7/h5H,2-4,8H2,1H3. The number of carbonyl (C=O) groups is 1. The molecule has 0 bridgehead atoms. The van der Waals surface area contributed by atoms with Crippen molar-refractivity contribution in [2.45, 2.75) is 18.9 Å². The molecule has 0 aromatic carbocycles. The largest absolute Gasteiger partial charge is 0.468 e. The average molecular weight is 149 g/mol. The van der Waals surface area contributed by atoms with Crippen molar-refractivity contribution >= 4 is 5.97 Å². The van der Waals surface area contributed by atoms with Gasteiger partial charge >= 0.3 is 5.97 Å². The van der Waals surface area contributed by atoms with Gasteiger partial charge in [-0.25, -0.2) is 0 Å². The molecule has 1 unspecified atom stereocenters. The lowest BCUT2D eigenvalue weighted by atomic mass is 10.2. The van der Waals surface area contributed by atoms with Gasteiger partial charge in [0.05, 0.1) is 13.8 Å². The quantitative estimate of drug-likeness (QED) is 0.582. The number of halogens is 1. The summed E-state index contributed by atoms with van der Waals surface area (Å²) in [4.78, 5) is 10.5. The van der Waals surface area contributed by atoms with Crippen LogP contribution in [0.5, 0.6) is 0 Å². The minimum atomic E-state index is -0.666. The van der Waals surface area contributed by atoms with Crippen LogP contribution in [0, 0.1) is 0 Å². The molecule has 4 heteroatoms. The van der Waals surface area contributed by atoms with Crippen LogP contribution in [-0.2, 0) is 9.53 Å². The summed E-state index contributed by atoms with van der Waals surface area (Å²) in [6, 6.07) is -0.666. The second kappa shape index (κ2) is 5.17. The highest BCUT2D eigenvalue weighted by Crippen LogP contribution is 1.96. The summed E-state index contributed by atoms with van der Waals surface area (Å²) in [5, 5.41) is 0. The monoisotopic (exact) mass is 149 g/mol. The van der Waals surface area contributed by atoms with Crippen molar-refractivity contribution in [2.24, 2.45) is 5.73 Å². The van der Waals surface area contributed by atoms with Gasteiger partial charge in [-0.3, -0.25) is 9.18 Å². The molecular weight excluding hydrogens is 137 g/mol. The summed E-state index contributed by atoms with van der Waals surface area (Å²) in [5.41, 5.74) is 5.27. The number of nitrogens with two attached hydrogens (primary N) is 1. The van der Waals surface area contributed by atoms with Gasteiger partial charge in [-0.1, -0.05) is 0 Å². The van der Waals surface area contributed by atoms with E-state index < -0.39 is 18.7 Å². The van der Waals surface area contributed by atoms with Crippen LogP contribution < -0.4 is 5.73 Å². The van der Waals surface area contributed by atoms with Crippen molar-refractivity contribution in [3.8, 4) is 0 Å². The Hall–Kier alpha value is -0.640. The second-order valence-electron chi connectivity index (χ2n) is 1.96. The minimum Gasteiger partial charge on any atom is -0.468 e. The first-order chi connectivity index (χ1) is 4.72. The zero-order valence-corrected chi connectivity index (χ0v) is 5.97. The van der Waals surface area contributed by atoms with E-state index in [9.17, 15) is 9.18 Å². The molecule has 0 spiro atoms. The molecule has 3 nitrogen and oxygen atoms in total. The van der Waals surface area contributed by atoms with Crippen molar-refractivity contribution in [2.75, 3.05) is 13.8 Å². The van der Waals surface area contributed by atoms with Crippen LogP contribution in [0.2, 0.25) is 0 Å². The first-order valence-electron chi connectivity index (χ1n) is 3.11. The number of hydrogen-bond donors (Lipinski definition) is 1. The minimum absolute atomic E-state index is 0.316. The smallest absolute Gasteiger partial charge is 0.322 e. The van der Waals surface area contributed by atoms with Crippen LogP contribution in [0.25, 0.3) is 0 Å². The summed E-state index contributed by atoms with van der Waals surface area (Å²) in [6.45, 7) is -0.440. The van der Waals surface area contributed by atoms with Gasteiger partial charge in [0.25, 0.3) is 0 Å². The van der Waals surface area contributed by atoms with Crippen LogP contribution in [0.3, 0.4) is 0 Å². The van der Waals surface area contributed by atoms with E-state index in [1.807, 2.05) is 0 Å². The van der Waals surface area contributed by atoms with E-state index in [1.54, 1.807) is 0 Å². The highest BCUT2D eigenvalue weighted by atomic mass is 19.1. The highest BCUT2D eigenvalue weighted by molar-refractivity contribution is 5.75. The molecule has 10 heavy (non-hydrogen) atoms. The van der Waals surface area contributed by atoms with Crippen LogP contribution in [-0.4, -0.2) is 25.8 Å². The molecule has 0 heterocycles. The van der Waals surface area contributed by atoms with E-state index in [2.05, 4.69) is 4.74 Å². The number of alkyl halides is 1. The molecule has 0 aliphatic heterocycles. The van der Waals surface area contributed by atoms with Crippen molar-refractivity contribution in [1.29, 1.82) is 0 Å². The molecular formula is C6H12FNO2. The number of carbonyl (C=O) groups excluding carboxylic acids is 1. The third kappa shape index (κ3) is 3.40. The Morgan fingerprint density at radius 1 is 1.80 bits per heavy atom. The number of esters is 1. The maximum absolute atomic E-state index is 11.5. The number of rotatable bonds is 4. The first kappa shape index (κ1) is 9.36. The Morgan fingerprint density at radius 3 is 2.80 bits per heavy atom. The molecule has 0 saturated carbocycles. The molecule has 0 fully saturated rings. The highest BCUT2D eigenvalue weighted by Gasteiger charge is 2.11. The topological polar surface area (TPSA) is 52.3 Å². The summed E-state index contributed by atoms with van der Waals surface area (Å²) in [6.07, 6.45) is 0.666. The van der Waals surface area contributed by atoms with Crippen LogP contribution >= 0.6 is 0 Å². The summed E-state index contributed by atoms with van der Waals surface area (Å²) in [7, 11) is 1.26. The molecule has 0 aromatic heterocycles. The predicted octanol–water partition coefficient (Wildman–Crippen LogP) is 0.236. The number of ether oxygens (including phenoxy) is 1. The number of hydrogen-bond acceptors (Lipinski definition) is 3. The first-order valence-corrected chi connectivity index (χ1v) is 3.11. The molecule has 0 amide bonds. The molecule has 2 N–H and O–H groups in total.